The van der Waals surface area contributed by atoms with Crippen molar-refractivity contribution >= 4 is 16.0 Å². The quantitative estimate of drug-likeness (QED) is 0.737. The van der Waals surface area contributed by atoms with Crippen LogP contribution in [-0.2, 0) is 14.8 Å². The van der Waals surface area contributed by atoms with E-state index in [1.807, 2.05) is 4.72 Å². The van der Waals surface area contributed by atoms with Crippen LogP contribution in [0.25, 0.3) is 0 Å². The van der Waals surface area contributed by atoms with Gasteiger partial charge in [-0.15, -0.1) is 0 Å². The van der Waals surface area contributed by atoms with E-state index in [1.165, 1.54) is 13.8 Å². The molecule has 0 saturated carbocycles. The van der Waals surface area contributed by atoms with Crippen LogP contribution >= 0.6 is 0 Å². The molecule has 0 saturated heterocycles. The summed E-state index contributed by atoms with van der Waals surface area (Å²) in [4.78, 5) is 10.7. The van der Waals surface area contributed by atoms with Crippen LogP contribution in [0.3, 0.4) is 0 Å². The standard InChI is InChI=1S/C12H16FNO5S/c1-6-4-9(13)5-7(2)11(6)20(18,19)14-10(8(3)15)12(16)17/h4-5,8,10,14-15H,1-3H3,(H,16,17)/t8-,10+/m1/s1. The molecule has 0 spiro atoms. The van der Waals surface area contributed by atoms with Crippen molar-refractivity contribution in [2.24, 2.45) is 0 Å². The Morgan fingerprint density at radius 2 is 1.75 bits per heavy atom. The highest BCUT2D eigenvalue weighted by molar-refractivity contribution is 7.89. The smallest absolute Gasteiger partial charge is 0.324 e. The van der Waals surface area contributed by atoms with E-state index in [4.69, 9.17) is 5.11 Å². The maximum absolute atomic E-state index is 13.2. The first kappa shape index (κ1) is 16.5. The van der Waals surface area contributed by atoms with E-state index >= 15 is 0 Å². The summed E-state index contributed by atoms with van der Waals surface area (Å²) in [5.41, 5.74) is 0.314. The molecule has 0 radical (unpaired) electrons. The van der Waals surface area contributed by atoms with Crippen molar-refractivity contribution in [1.82, 2.24) is 4.72 Å². The molecule has 6 nitrogen and oxygen atoms in total. The van der Waals surface area contributed by atoms with E-state index in [9.17, 15) is 22.7 Å². The van der Waals surface area contributed by atoms with Crippen molar-refractivity contribution in [3.63, 3.8) is 0 Å². The molecule has 0 amide bonds. The number of benzene rings is 1. The number of sulfonamides is 1. The number of carboxylic acids is 1. The molecule has 20 heavy (non-hydrogen) atoms. The van der Waals surface area contributed by atoms with Crippen LogP contribution in [0.1, 0.15) is 18.1 Å². The zero-order valence-corrected chi connectivity index (χ0v) is 12.0. The third-order valence-corrected chi connectivity index (χ3v) is 4.47. The second kappa shape index (κ2) is 5.86. The van der Waals surface area contributed by atoms with Crippen LogP contribution in [0.4, 0.5) is 4.39 Å². The molecule has 0 unspecified atom stereocenters. The normalized spacial score (nSPS) is 14.8. The average molecular weight is 305 g/mol. The van der Waals surface area contributed by atoms with Gasteiger partial charge in [0, 0.05) is 0 Å². The number of nitrogens with one attached hydrogen (secondary N) is 1. The van der Waals surface area contributed by atoms with Crippen molar-refractivity contribution in [3.05, 3.63) is 29.1 Å². The van der Waals surface area contributed by atoms with Gasteiger partial charge in [-0.05, 0) is 44.0 Å². The lowest BCUT2D eigenvalue weighted by molar-refractivity contribution is -0.141. The second-order valence-corrected chi connectivity index (χ2v) is 6.20. The Hall–Kier alpha value is -1.51. The highest BCUT2D eigenvalue weighted by atomic mass is 32.2. The van der Waals surface area contributed by atoms with Crippen molar-refractivity contribution in [2.75, 3.05) is 0 Å². The largest absolute Gasteiger partial charge is 0.480 e. The van der Waals surface area contributed by atoms with Gasteiger partial charge in [-0.1, -0.05) is 0 Å². The number of aryl methyl sites for hydroxylation is 2. The first-order chi connectivity index (χ1) is 9.06. The Balaban J connectivity index is 3.28. The minimum atomic E-state index is -4.19. The highest BCUT2D eigenvalue weighted by Gasteiger charge is 2.31. The van der Waals surface area contributed by atoms with Gasteiger partial charge in [-0.25, -0.2) is 12.8 Å². The number of hydrogen-bond acceptors (Lipinski definition) is 4. The van der Waals surface area contributed by atoms with Crippen LogP contribution in [0.2, 0.25) is 0 Å². The minimum absolute atomic E-state index is 0.157. The maximum Gasteiger partial charge on any atom is 0.324 e. The molecular formula is C12H16FNO5S. The monoisotopic (exact) mass is 305 g/mol. The molecule has 0 aliphatic heterocycles. The topological polar surface area (TPSA) is 104 Å². The Labute approximate surface area is 116 Å². The SMILES string of the molecule is Cc1cc(F)cc(C)c1S(=O)(=O)N[C@H](C(=O)O)[C@@H](C)O. The third-order valence-electron chi connectivity index (χ3n) is 2.72. The number of aliphatic carboxylic acids is 1. The fraction of sp³-hybridized carbons (Fsp3) is 0.417. The molecule has 0 bridgehead atoms. The van der Waals surface area contributed by atoms with Crippen molar-refractivity contribution in [2.45, 2.75) is 37.8 Å². The maximum atomic E-state index is 13.2. The third kappa shape index (κ3) is 3.53. The van der Waals surface area contributed by atoms with Crippen molar-refractivity contribution in [3.8, 4) is 0 Å². The summed E-state index contributed by atoms with van der Waals surface area (Å²) in [7, 11) is -4.19. The van der Waals surface area contributed by atoms with Crippen molar-refractivity contribution in [1.29, 1.82) is 0 Å². The molecule has 112 valence electrons. The van der Waals surface area contributed by atoms with E-state index in [0.29, 0.717) is 0 Å². The van der Waals surface area contributed by atoms with Crippen LogP contribution in [0.5, 0.6) is 0 Å². The molecule has 8 heteroatoms. The van der Waals surface area contributed by atoms with E-state index in [2.05, 4.69) is 0 Å². The van der Waals surface area contributed by atoms with Gasteiger partial charge < -0.3 is 10.2 Å². The number of aliphatic hydroxyl groups is 1. The average Bonchev–Trinajstić information content (AvgIpc) is 2.23. The van der Waals surface area contributed by atoms with E-state index in [0.717, 1.165) is 19.1 Å². The van der Waals surface area contributed by atoms with Crippen LogP contribution in [-0.4, -0.2) is 36.7 Å². The summed E-state index contributed by atoms with van der Waals surface area (Å²) in [6, 6.07) is 0.406. The summed E-state index contributed by atoms with van der Waals surface area (Å²) in [6.07, 6.45) is -1.41. The number of rotatable bonds is 5. The Morgan fingerprint density at radius 1 is 1.30 bits per heavy atom. The van der Waals surface area contributed by atoms with Gasteiger partial charge in [0.25, 0.3) is 0 Å². The lowest BCUT2D eigenvalue weighted by atomic mass is 10.1. The van der Waals surface area contributed by atoms with Crippen LogP contribution in [0.15, 0.2) is 17.0 Å². The summed E-state index contributed by atoms with van der Waals surface area (Å²) in [5, 5.41) is 18.2. The Morgan fingerprint density at radius 3 is 2.10 bits per heavy atom. The predicted octanol–water partition coefficient (Wildman–Crippen LogP) is 0.555. The molecule has 0 aromatic heterocycles. The second-order valence-electron chi connectivity index (χ2n) is 4.55. The molecule has 0 aliphatic rings. The molecule has 1 aromatic rings. The summed E-state index contributed by atoms with van der Waals surface area (Å²) < 4.78 is 39.5. The zero-order valence-electron chi connectivity index (χ0n) is 11.2. The number of carbonyl (C=O) groups is 1. The van der Waals surface area contributed by atoms with Gasteiger partial charge in [0.05, 0.1) is 11.0 Å². The number of halogens is 1. The Bertz CT molecular complexity index is 604. The Kier molecular flexibility index (Phi) is 4.85. The molecule has 1 rings (SSSR count). The molecule has 1 aromatic carbocycles. The van der Waals surface area contributed by atoms with Crippen molar-refractivity contribution < 1.29 is 27.8 Å². The molecular weight excluding hydrogens is 289 g/mol. The lowest BCUT2D eigenvalue weighted by Gasteiger charge is -2.19. The van der Waals surface area contributed by atoms with E-state index in [-0.39, 0.29) is 16.0 Å². The highest BCUT2D eigenvalue weighted by Crippen LogP contribution is 2.21. The first-order valence-corrected chi connectivity index (χ1v) is 7.24. The van der Waals surface area contributed by atoms with E-state index < -0.39 is 34.0 Å². The molecule has 0 heterocycles. The number of aliphatic hydroxyl groups excluding tert-OH is 1. The molecule has 2 atom stereocenters. The van der Waals surface area contributed by atoms with Gasteiger partial charge in [0.1, 0.15) is 11.9 Å². The zero-order chi connectivity index (χ0) is 15.7. The first-order valence-electron chi connectivity index (χ1n) is 5.76. The summed E-state index contributed by atoms with van der Waals surface area (Å²) >= 11 is 0. The molecule has 3 N–H and O–H groups in total. The van der Waals surface area contributed by atoms with Gasteiger partial charge in [0.2, 0.25) is 10.0 Å². The predicted molar refractivity (Wildman–Crippen MR) is 69.3 cm³/mol. The summed E-state index contributed by atoms with van der Waals surface area (Å²) in [5.74, 6) is -2.08. The van der Waals surface area contributed by atoms with Crippen LogP contribution < -0.4 is 4.72 Å². The van der Waals surface area contributed by atoms with Gasteiger partial charge >= 0.3 is 5.97 Å². The van der Waals surface area contributed by atoms with Crippen LogP contribution in [0, 0.1) is 19.7 Å². The van der Waals surface area contributed by atoms with E-state index in [1.54, 1.807) is 0 Å². The fourth-order valence-electron chi connectivity index (χ4n) is 1.90. The van der Waals surface area contributed by atoms with Gasteiger partial charge in [0.15, 0.2) is 0 Å². The molecule has 0 aliphatic carbocycles. The van der Waals surface area contributed by atoms with Gasteiger partial charge in [-0.3, -0.25) is 4.79 Å². The minimum Gasteiger partial charge on any atom is -0.480 e. The fourth-order valence-corrected chi connectivity index (χ4v) is 3.62. The lowest BCUT2D eigenvalue weighted by Crippen LogP contribution is -2.47. The number of carboxylic acid groups (broad SMARTS) is 1. The van der Waals surface area contributed by atoms with Gasteiger partial charge in [-0.2, -0.15) is 4.72 Å². The molecule has 0 fully saturated rings. The number of hydrogen-bond donors (Lipinski definition) is 3. The summed E-state index contributed by atoms with van der Waals surface area (Å²) in [6.45, 7) is 3.97.